The van der Waals surface area contributed by atoms with Crippen molar-refractivity contribution in [3.8, 4) is 0 Å². The zero-order chi connectivity index (χ0) is 31.0. The average molecular weight is 597 g/mol. The van der Waals surface area contributed by atoms with Crippen LogP contribution in [-0.4, -0.2) is 64.9 Å². The van der Waals surface area contributed by atoms with Gasteiger partial charge in [-0.1, -0.05) is 36.4 Å². The number of benzene rings is 3. The van der Waals surface area contributed by atoms with Crippen LogP contribution in [0.1, 0.15) is 33.5 Å². The number of methoxy groups -OCH3 is 1. The summed E-state index contributed by atoms with van der Waals surface area (Å²) in [5.41, 5.74) is 1.41. The van der Waals surface area contributed by atoms with Crippen molar-refractivity contribution in [2.45, 2.75) is 25.6 Å². The lowest BCUT2D eigenvalue weighted by molar-refractivity contribution is -0.384. The number of rotatable bonds is 13. The maximum Gasteiger partial charge on any atom is 0.416 e. The fourth-order valence-corrected chi connectivity index (χ4v) is 4.76. The minimum atomic E-state index is -4.49. The molecule has 4 aromatic rings. The largest absolute Gasteiger partial charge is 0.416 e. The Bertz CT molecular complexity index is 1570. The number of nitro benzene ring substituents is 1. The van der Waals surface area contributed by atoms with Gasteiger partial charge in [-0.2, -0.15) is 13.2 Å². The second kappa shape index (κ2) is 14.0. The van der Waals surface area contributed by atoms with Gasteiger partial charge >= 0.3 is 6.18 Å². The number of H-pyrrole nitrogens is 1. The fraction of sp³-hybridized carbons (Fsp3) is 0.290. The molecule has 4 rings (SSSR count). The molecule has 3 aromatic carbocycles. The molecule has 0 radical (unpaired) electrons. The Labute approximate surface area is 246 Å². The molecule has 0 unspecified atom stereocenters. The van der Waals surface area contributed by atoms with Crippen LogP contribution in [0, 0.1) is 10.1 Å². The maximum absolute atomic E-state index is 13.8. The van der Waals surface area contributed by atoms with Gasteiger partial charge in [-0.25, -0.2) is 0 Å². The Morgan fingerprint density at radius 1 is 0.977 bits per heavy atom. The van der Waals surface area contributed by atoms with E-state index in [9.17, 15) is 32.9 Å². The molecule has 0 bridgehead atoms. The Morgan fingerprint density at radius 2 is 1.72 bits per heavy atom. The summed E-state index contributed by atoms with van der Waals surface area (Å²) in [4.78, 5) is 43.9. The van der Waals surface area contributed by atoms with Crippen molar-refractivity contribution in [1.82, 2.24) is 14.8 Å². The highest BCUT2D eigenvalue weighted by Crippen LogP contribution is 2.29. The number of nitrogens with zero attached hydrogens (tertiary/aromatic N) is 3. The summed E-state index contributed by atoms with van der Waals surface area (Å²) in [6, 6.07) is 17.6. The van der Waals surface area contributed by atoms with E-state index >= 15 is 0 Å². The molecule has 0 saturated carbocycles. The van der Waals surface area contributed by atoms with Crippen LogP contribution in [0.5, 0.6) is 0 Å². The number of carbonyl (C=O) groups excluding carboxylic acids is 2. The minimum Gasteiger partial charge on any atom is -0.385 e. The number of hydrogen-bond acceptors (Lipinski definition) is 5. The van der Waals surface area contributed by atoms with Crippen LogP contribution in [0.25, 0.3) is 10.9 Å². The number of hydrogen-bond donors (Lipinski definition) is 1. The molecule has 2 amide bonds. The van der Waals surface area contributed by atoms with E-state index in [1.807, 2.05) is 30.5 Å². The molecule has 0 atom stereocenters. The van der Waals surface area contributed by atoms with Crippen molar-refractivity contribution in [2.75, 3.05) is 33.4 Å². The third-order valence-corrected chi connectivity index (χ3v) is 7.03. The molecule has 0 saturated heterocycles. The number of carbonyl (C=O) groups is 2. The standard InChI is InChI=1S/C31H31F3N4O5/c1-43-17-5-15-37(30(40)23-6-4-7-26(18-23)38(41)42)21-29(39)36(20-22-10-12-25(13-11-22)31(32,33)34)16-14-24-19-35-28-9-3-2-8-27(24)28/h2-4,6-13,18-19,35H,5,14-17,20-21H2,1H3. The number of halogens is 3. The zero-order valence-electron chi connectivity index (χ0n) is 23.5. The Balaban J connectivity index is 1.58. The summed E-state index contributed by atoms with van der Waals surface area (Å²) in [7, 11) is 1.51. The summed E-state index contributed by atoms with van der Waals surface area (Å²) in [6.07, 6.45) is -1.76. The molecule has 0 spiro atoms. The van der Waals surface area contributed by atoms with Crippen LogP contribution < -0.4 is 0 Å². The number of para-hydroxylation sites is 1. The van der Waals surface area contributed by atoms with Crippen LogP contribution >= 0.6 is 0 Å². The first kappa shape index (κ1) is 31.2. The molecule has 226 valence electrons. The average Bonchev–Trinajstić information content (AvgIpc) is 3.41. The van der Waals surface area contributed by atoms with Gasteiger partial charge in [-0.15, -0.1) is 0 Å². The van der Waals surface area contributed by atoms with Crippen molar-refractivity contribution >= 4 is 28.4 Å². The molecule has 0 aliphatic heterocycles. The second-order valence-corrected chi connectivity index (χ2v) is 10.00. The van der Waals surface area contributed by atoms with Crippen LogP contribution in [0.4, 0.5) is 18.9 Å². The smallest absolute Gasteiger partial charge is 0.385 e. The van der Waals surface area contributed by atoms with Crippen molar-refractivity contribution < 1.29 is 32.4 Å². The predicted octanol–water partition coefficient (Wildman–Crippen LogP) is 5.85. The summed E-state index contributed by atoms with van der Waals surface area (Å²) in [5.74, 6) is -0.977. The summed E-state index contributed by atoms with van der Waals surface area (Å²) >= 11 is 0. The van der Waals surface area contributed by atoms with Crippen LogP contribution in [0.2, 0.25) is 0 Å². The van der Waals surface area contributed by atoms with E-state index in [1.165, 1.54) is 47.2 Å². The third kappa shape index (κ3) is 8.19. The normalized spacial score (nSPS) is 11.4. The van der Waals surface area contributed by atoms with Gasteiger partial charge in [0, 0.05) is 68.1 Å². The van der Waals surface area contributed by atoms with Gasteiger partial charge < -0.3 is 19.5 Å². The lowest BCUT2D eigenvalue weighted by Crippen LogP contribution is -2.44. The fourth-order valence-electron chi connectivity index (χ4n) is 4.76. The number of alkyl halides is 3. The molecule has 1 heterocycles. The molecule has 1 aromatic heterocycles. The van der Waals surface area contributed by atoms with Crippen molar-refractivity contribution in [3.05, 3.63) is 111 Å². The zero-order valence-corrected chi connectivity index (χ0v) is 23.5. The lowest BCUT2D eigenvalue weighted by Gasteiger charge is -2.28. The number of amides is 2. The molecular weight excluding hydrogens is 565 g/mol. The van der Waals surface area contributed by atoms with Crippen molar-refractivity contribution in [1.29, 1.82) is 0 Å². The summed E-state index contributed by atoms with van der Waals surface area (Å²) in [6.45, 7) is 0.398. The van der Waals surface area contributed by atoms with Crippen molar-refractivity contribution in [2.24, 2.45) is 0 Å². The lowest BCUT2D eigenvalue weighted by atomic mass is 10.1. The third-order valence-electron chi connectivity index (χ3n) is 7.03. The number of nitrogens with one attached hydrogen (secondary N) is 1. The van der Waals surface area contributed by atoms with Gasteiger partial charge in [0.05, 0.1) is 10.5 Å². The van der Waals surface area contributed by atoms with E-state index in [1.54, 1.807) is 0 Å². The first-order chi connectivity index (χ1) is 20.6. The van der Waals surface area contributed by atoms with Gasteiger partial charge in [0.1, 0.15) is 6.54 Å². The molecule has 43 heavy (non-hydrogen) atoms. The van der Waals surface area contributed by atoms with Crippen LogP contribution in [0.15, 0.2) is 79.0 Å². The van der Waals surface area contributed by atoms with E-state index in [-0.39, 0.29) is 37.4 Å². The SMILES string of the molecule is COCCCN(CC(=O)N(CCc1c[nH]c2ccccc12)Cc1ccc(C(F)(F)F)cc1)C(=O)c1cccc([N+](=O)[O-])c1. The van der Waals surface area contributed by atoms with E-state index < -0.39 is 28.5 Å². The Hall–Kier alpha value is -4.71. The highest BCUT2D eigenvalue weighted by atomic mass is 19.4. The number of aromatic nitrogens is 1. The van der Waals surface area contributed by atoms with E-state index in [2.05, 4.69) is 4.98 Å². The number of nitro groups is 1. The Morgan fingerprint density at radius 3 is 2.42 bits per heavy atom. The minimum absolute atomic E-state index is 0.0240. The highest BCUT2D eigenvalue weighted by Gasteiger charge is 2.30. The first-order valence-electron chi connectivity index (χ1n) is 13.6. The van der Waals surface area contributed by atoms with Crippen LogP contribution in [-0.2, 0) is 28.7 Å². The Kier molecular flexibility index (Phi) is 10.1. The van der Waals surface area contributed by atoms with E-state index in [0.29, 0.717) is 25.0 Å². The van der Waals surface area contributed by atoms with Crippen LogP contribution in [0.3, 0.4) is 0 Å². The van der Waals surface area contributed by atoms with Gasteiger partial charge in [-0.3, -0.25) is 19.7 Å². The van der Waals surface area contributed by atoms with Gasteiger partial charge in [-0.05, 0) is 48.2 Å². The number of non-ortho nitro benzene ring substituents is 1. The quantitative estimate of drug-likeness (QED) is 0.118. The van der Waals surface area contributed by atoms with E-state index in [0.717, 1.165) is 34.7 Å². The molecule has 0 aliphatic rings. The molecule has 9 nitrogen and oxygen atoms in total. The summed E-state index contributed by atoms with van der Waals surface area (Å²) < 4.78 is 44.5. The van der Waals surface area contributed by atoms with Gasteiger partial charge in [0.2, 0.25) is 5.91 Å². The molecular formula is C31H31F3N4O5. The maximum atomic E-state index is 13.8. The van der Waals surface area contributed by atoms with Crippen molar-refractivity contribution in [3.63, 3.8) is 0 Å². The molecule has 12 heteroatoms. The number of fused-ring (bicyclic) bond motifs is 1. The second-order valence-electron chi connectivity index (χ2n) is 10.00. The van der Waals surface area contributed by atoms with Gasteiger partial charge in [0.25, 0.3) is 11.6 Å². The number of ether oxygens (including phenoxy) is 1. The number of aromatic amines is 1. The predicted molar refractivity (Wildman–Crippen MR) is 154 cm³/mol. The molecule has 0 aliphatic carbocycles. The molecule has 0 fully saturated rings. The first-order valence-corrected chi connectivity index (χ1v) is 13.6. The topological polar surface area (TPSA) is 109 Å². The van der Waals surface area contributed by atoms with E-state index in [4.69, 9.17) is 4.74 Å². The molecule has 1 N–H and O–H groups in total. The summed E-state index contributed by atoms with van der Waals surface area (Å²) in [5, 5.41) is 12.3. The van der Waals surface area contributed by atoms with Gasteiger partial charge in [0.15, 0.2) is 0 Å². The monoisotopic (exact) mass is 596 g/mol. The highest BCUT2D eigenvalue weighted by molar-refractivity contribution is 5.97.